The van der Waals surface area contributed by atoms with Gasteiger partial charge in [0.1, 0.15) is 0 Å². The van der Waals surface area contributed by atoms with Crippen LogP contribution in [0.4, 0.5) is 13.2 Å². The Morgan fingerprint density at radius 2 is 2.05 bits per heavy atom. The van der Waals surface area contributed by atoms with Crippen LogP contribution in [0, 0.1) is 0 Å². The lowest BCUT2D eigenvalue weighted by Gasteiger charge is -2.32. The van der Waals surface area contributed by atoms with Gasteiger partial charge in [-0.1, -0.05) is 0 Å². The van der Waals surface area contributed by atoms with E-state index in [1.54, 1.807) is 0 Å². The third kappa shape index (κ3) is 3.91. The van der Waals surface area contributed by atoms with E-state index in [0.29, 0.717) is 26.1 Å². The molecule has 0 saturated carbocycles. The summed E-state index contributed by atoms with van der Waals surface area (Å²) >= 11 is 0. The molecule has 1 saturated heterocycles. The second kappa shape index (κ2) is 6.07. The summed E-state index contributed by atoms with van der Waals surface area (Å²) in [5.74, 6) is 0. The van der Waals surface area contributed by atoms with Crippen molar-refractivity contribution in [3.8, 4) is 0 Å². The first kappa shape index (κ1) is 15.2. The highest BCUT2D eigenvalue weighted by atomic mass is 19.4. The van der Waals surface area contributed by atoms with E-state index in [1.807, 2.05) is 0 Å². The van der Waals surface area contributed by atoms with Gasteiger partial charge >= 0.3 is 6.18 Å². The first-order chi connectivity index (χ1) is 9.41. The fourth-order valence-electron chi connectivity index (χ4n) is 2.18. The van der Waals surface area contributed by atoms with Crippen molar-refractivity contribution in [2.24, 2.45) is 0 Å². The van der Waals surface area contributed by atoms with E-state index in [4.69, 9.17) is 4.74 Å². The molecule has 0 aromatic carbocycles. The monoisotopic (exact) mass is 290 g/mol. The Hall–Kier alpha value is -1.18. The van der Waals surface area contributed by atoms with E-state index < -0.39 is 17.3 Å². The van der Waals surface area contributed by atoms with Gasteiger partial charge in [0.05, 0.1) is 16.9 Å². The minimum Gasteiger partial charge on any atom is -0.388 e. The quantitative estimate of drug-likeness (QED) is 0.887. The van der Waals surface area contributed by atoms with Crippen molar-refractivity contribution in [3.63, 3.8) is 0 Å². The SMILES string of the molecule is OC1(CNCc2ncccc2C(F)(F)F)CCOCC1. The maximum absolute atomic E-state index is 12.8. The highest BCUT2D eigenvalue weighted by molar-refractivity contribution is 5.22. The lowest BCUT2D eigenvalue weighted by Crippen LogP contribution is -2.45. The molecular formula is C13H17F3N2O2. The molecule has 1 fully saturated rings. The molecule has 2 rings (SSSR count). The molecule has 1 aliphatic rings. The Kier molecular flexibility index (Phi) is 4.62. The van der Waals surface area contributed by atoms with Gasteiger partial charge in [-0.15, -0.1) is 0 Å². The smallest absolute Gasteiger partial charge is 0.388 e. The Labute approximate surface area is 115 Å². The average Bonchev–Trinajstić information content (AvgIpc) is 2.39. The second-order valence-electron chi connectivity index (χ2n) is 4.94. The molecule has 1 aliphatic heterocycles. The Balaban J connectivity index is 1.94. The van der Waals surface area contributed by atoms with Crippen LogP contribution in [-0.4, -0.2) is 35.5 Å². The van der Waals surface area contributed by atoms with Gasteiger partial charge in [-0.2, -0.15) is 13.2 Å². The molecule has 0 unspecified atom stereocenters. The van der Waals surface area contributed by atoms with Crippen LogP contribution in [0.5, 0.6) is 0 Å². The number of nitrogens with one attached hydrogen (secondary N) is 1. The van der Waals surface area contributed by atoms with Gasteiger partial charge in [0.25, 0.3) is 0 Å². The fourth-order valence-corrected chi connectivity index (χ4v) is 2.18. The molecular weight excluding hydrogens is 273 g/mol. The molecule has 20 heavy (non-hydrogen) atoms. The highest BCUT2D eigenvalue weighted by Crippen LogP contribution is 2.31. The second-order valence-corrected chi connectivity index (χ2v) is 4.94. The number of hydrogen-bond donors (Lipinski definition) is 2. The lowest BCUT2D eigenvalue weighted by molar-refractivity contribution is -0.138. The number of alkyl halides is 3. The Bertz CT molecular complexity index is 445. The minimum absolute atomic E-state index is 0.0289. The number of ether oxygens (including phenoxy) is 1. The molecule has 0 radical (unpaired) electrons. The Morgan fingerprint density at radius 1 is 1.35 bits per heavy atom. The van der Waals surface area contributed by atoms with Gasteiger partial charge in [-0.05, 0) is 12.1 Å². The van der Waals surface area contributed by atoms with Crippen LogP contribution in [0.25, 0.3) is 0 Å². The van der Waals surface area contributed by atoms with Gasteiger partial charge in [-0.3, -0.25) is 4.98 Å². The predicted octanol–water partition coefficient (Wildman–Crippen LogP) is 1.73. The molecule has 2 heterocycles. The lowest BCUT2D eigenvalue weighted by atomic mass is 9.94. The van der Waals surface area contributed by atoms with Crippen LogP contribution in [0.1, 0.15) is 24.1 Å². The zero-order valence-corrected chi connectivity index (χ0v) is 10.9. The van der Waals surface area contributed by atoms with Crippen LogP contribution in [0.3, 0.4) is 0 Å². The maximum atomic E-state index is 12.8. The third-order valence-corrected chi connectivity index (χ3v) is 3.37. The zero-order valence-electron chi connectivity index (χ0n) is 10.9. The first-order valence-electron chi connectivity index (χ1n) is 6.43. The van der Waals surface area contributed by atoms with Gasteiger partial charge < -0.3 is 15.2 Å². The number of nitrogens with zero attached hydrogens (tertiary/aromatic N) is 1. The van der Waals surface area contributed by atoms with E-state index >= 15 is 0 Å². The van der Waals surface area contributed by atoms with Crippen molar-refractivity contribution in [1.82, 2.24) is 10.3 Å². The summed E-state index contributed by atoms with van der Waals surface area (Å²) < 4.78 is 43.5. The van der Waals surface area contributed by atoms with E-state index in [9.17, 15) is 18.3 Å². The molecule has 1 aromatic heterocycles. The van der Waals surface area contributed by atoms with E-state index in [2.05, 4.69) is 10.3 Å². The highest BCUT2D eigenvalue weighted by Gasteiger charge is 2.34. The molecule has 0 spiro atoms. The van der Waals surface area contributed by atoms with E-state index in [1.165, 1.54) is 12.3 Å². The van der Waals surface area contributed by atoms with E-state index in [-0.39, 0.29) is 18.8 Å². The number of rotatable bonds is 4. The fraction of sp³-hybridized carbons (Fsp3) is 0.615. The zero-order chi connectivity index (χ0) is 14.6. The summed E-state index contributed by atoms with van der Waals surface area (Å²) in [5.41, 5.74) is -1.71. The van der Waals surface area contributed by atoms with Crippen LogP contribution in [0.2, 0.25) is 0 Å². The maximum Gasteiger partial charge on any atom is 0.418 e. The van der Waals surface area contributed by atoms with Crippen LogP contribution < -0.4 is 5.32 Å². The van der Waals surface area contributed by atoms with Gasteiger partial charge in [0.15, 0.2) is 0 Å². The summed E-state index contributed by atoms with van der Waals surface area (Å²) in [6, 6.07) is 2.27. The summed E-state index contributed by atoms with van der Waals surface area (Å²) in [6.07, 6.45) is -2.13. The predicted molar refractivity (Wildman–Crippen MR) is 65.9 cm³/mol. The number of halogens is 3. The topological polar surface area (TPSA) is 54.4 Å². The molecule has 2 N–H and O–H groups in total. The standard InChI is InChI=1S/C13H17F3N2O2/c14-13(15,16)10-2-1-5-18-11(10)8-17-9-12(19)3-6-20-7-4-12/h1-2,5,17,19H,3-4,6-9H2. The number of pyridine rings is 1. The van der Waals surface area contributed by atoms with Crippen LogP contribution in [-0.2, 0) is 17.5 Å². The summed E-state index contributed by atoms with van der Waals surface area (Å²) in [4.78, 5) is 3.76. The Morgan fingerprint density at radius 3 is 2.70 bits per heavy atom. The summed E-state index contributed by atoms with van der Waals surface area (Å²) in [7, 11) is 0. The van der Waals surface area contributed by atoms with Crippen molar-refractivity contribution < 1.29 is 23.0 Å². The number of aliphatic hydroxyl groups is 1. The summed E-state index contributed by atoms with van der Waals surface area (Å²) in [5, 5.41) is 13.0. The molecule has 0 bridgehead atoms. The number of aromatic nitrogens is 1. The van der Waals surface area contributed by atoms with Crippen molar-refractivity contribution in [2.45, 2.75) is 31.2 Å². The van der Waals surface area contributed by atoms with Crippen molar-refractivity contribution in [3.05, 3.63) is 29.6 Å². The first-order valence-corrected chi connectivity index (χ1v) is 6.43. The van der Waals surface area contributed by atoms with Crippen molar-refractivity contribution in [1.29, 1.82) is 0 Å². The normalized spacial score (nSPS) is 19.0. The van der Waals surface area contributed by atoms with Gasteiger partial charge in [-0.25, -0.2) is 0 Å². The summed E-state index contributed by atoms with van der Waals surface area (Å²) in [6.45, 7) is 1.13. The van der Waals surface area contributed by atoms with Crippen molar-refractivity contribution in [2.75, 3.05) is 19.8 Å². The van der Waals surface area contributed by atoms with Crippen molar-refractivity contribution >= 4 is 0 Å². The minimum atomic E-state index is -4.42. The molecule has 4 nitrogen and oxygen atoms in total. The molecule has 0 atom stereocenters. The molecule has 1 aromatic rings. The van der Waals surface area contributed by atoms with Crippen LogP contribution in [0.15, 0.2) is 18.3 Å². The molecule has 7 heteroatoms. The number of hydrogen-bond acceptors (Lipinski definition) is 4. The molecule has 112 valence electrons. The van der Waals surface area contributed by atoms with Gasteiger partial charge in [0, 0.05) is 45.3 Å². The molecule has 0 amide bonds. The van der Waals surface area contributed by atoms with Crippen LogP contribution >= 0.6 is 0 Å². The third-order valence-electron chi connectivity index (χ3n) is 3.37. The average molecular weight is 290 g/mol. The largest absolute Gasteiger partial charge is 0.418 e. The van der Waals surface area contributed by atoms with E-state index in [0.717, 1.165) is 6.07 Å². The van der Waals surface area contributed by atoms with Gasteiger partial charge in [0.2, 0.25) is 0 Å². The molecule has 0 aliphatic carbocycles.